The number of Topliss-reactive ketones (excluding diaryl/α,β-unsaturated/α-hetero) is 3. The van der Waals surface area contributed by atoms with Crippen LogP contribution in [0.2, 0.25) is 0 Å². The Kier molecular flexibility index (Phi) is 18.0. The van der Waals surface area contributed by atoms with Crippen molar-refractivity contribution in [2.75, 3.05) is 26.7 Å². The molecule has 0 saturated heterocycles. The summed E-state index contributed by atoms with van der Waals surface area (Å²) in [7, 11) is -2.83. The highest BCUT2D eigenvalue weighted by molar-refractivity contribution is 7.87. The van der Waals surface area contributed by atoms with E-state index >= 15 is 0 Å². The summed E-state index contributed by atoms with van der Waals surface area (Å²) in [4.78, 5) is 81.8. The van der Waals surface area contributed by atoms with E-state index in [1.807, 2.05) is 30.3 Å². The molecule has 372 valence electrons. The van der Waals surface area contributed by atoms with Gasteiger partial charge in [0, 0.05) is 74.3 Å². The summed E-state index contributed by atoms with van der Waals surface area (Å²) in [6.07, 6.45) is 4.46. The fraction of sp³-hybridized carbons (Fsp3) is 0.451. The molecule has 1 aliphatic heterocycles. The second-order valence-corrected chi connectivity index (χ2v) is 19.5. The number of carbonyl (C=O) groups is 5. The van der Waals surface area contributed by atoms with Gasteiger partial charge in [-0.1, -0.05) is 25.5 Å². The van der Waals surface area contributed by atoms with Crippen molar-refractivity contribution in [3.05, 3.63) is 88.7 Å². The number of carbonyl (C=O) groups excluding carboxylic acids is 5. The Bertz CT molecular complexity index is 2710. The molecule has 18 nitrogen and oxygen atoms in total. The Labute approximate surface area is 408 Å². The number of likely N-dealkylation sites (N-methyl/N-ethyl adjacent to an activating group) is 1. The van der Waals surface area contributed by atoms with Crippen molar-refractivity contribution in [3.8, 4) is 45.8 Å². The number of hydrogen-bond acceptors (Lipinski definition) is 14. The standard InChI is InChI=1S/C51H62N8O10S/c1-30-25-45(63)48(35-15-19-46(68-24-22-53)40(28-35)39-26-33(12-18-42(39)60)27-41(58-50(30)64)43(61)11-8-21-52)59(4)51(65)36(20-23-55-70(54,66)67)29-44(62)47-31(2)56-49(57-32(47)3)34-13-16-38(17-14-34)69-37-9-6-5-7-10-37/h12-19,26,28,30,36-37,41,48,55,60H,5-11,20,22-25,27,29,53H2,1-4H3,(H,58,64)(H2,54,66,67)/t30-,36-,41+,48+/m1/s1. The first-order chi connectivity index (χ1) is 33.4. The van der Waals surface area contributed by atoms with Gasteiger partial charge in [-0.15, -0.1) is 0 Å². The number of amides is 2. The third-order valence-corrected chi connectivity index (χ3v) is 13.4. The molecule has 4 aromatic rings. The summed E-state index contributed by atoms with van der Waals surface area (Å²) in [5, 5.41) is 28.5. The van der Waals surface area contributed by atoms with E-state index in [2.05, 4.69) is 20.0 Å². The molecular formula is C51H62N8O10S. The van der Waals surface area contributed by atoms with Crippen molar-refractivity contribution in [1.82, 2.24) is 24.9 Å². The zero-order valence-electron chi connectivity index (χ0n) is 40.0. The summed E-state index contributed by atoms with van der Waals surface area (Å²) in [6.45, 7) is 4.75. The van der Waals surface area contributed by atoms with E-state index in [4.69, 9.17) is 20.3 Å². The van der Waals surface area contributed by atoms with Crippen molar-refractivity contribution in [2.45, 2.75) is 110 Å². The van der Waals surface area contributed by atoms with Crippen LogP contribution < -0.4 is 30.4 Å². The average molecular weight is 979 g/mol. The maximum absolute atomic E-state index is 15.0. The molecule has 4 bridgehead atoms. The van der Waals surface area contributed by atoms with Crippen LogP contribution in [0.4, 0.5) is 0 Å². The Morgan fingerprint density at radius 3 is 2.34 bits per heavy atom. The number of nitriles is 1. The number of benzene rings is 3. The third kappa shape index (κ3) is 13.6. The molecule has 1 aromatic heterocycles. The van der Waals surface area contributed by atoms with Crippen LogP contribution in [-0.4, -0.2) is 96.4 Å². The number of phenolic OH excluding ortho intramolecular Hbond substituents is 1. The first-order valence-electron chi connectivity index (χ1n) is 23.6. The zero-order valence-corrected chi connectivity index (χ0v) is 40.8. The Morgan fingerprint density at radius 1 is 0.986 bits per heavy atom. The first kappa shape index (κ1) is 52.8. The van der Waals surface area contributed by atoms with Crippen LogP contribution >= 0.6 is 0 Å². The van der Waals surface area contributed by atoms with Crippen LogP contribution in [0.25, 0.3) is 22.5 Å². The minimum Gasteiger partial charge on any atom is -0.507 e. The number of aromatic hydroxyl groups is 1. The molecule has 0 radical (unpaired) electrons. The van der Waals surface area contributed by atoms with Crippen LogP contribution in [0, 0.1) is 37.0 Å². The fourth-order valence-corrected chi connectivity index (χ4v) is 9.57. The highest BCUT2D eigenvalue weighted by atomic mass is 32.2. The molecule has 1 fully saturated rings. The smallest absolute Gasteiger partial charge is 0.274 e. The lowest BCUT2D eigenvalue weighted by Gasteiger charge is -2.32. The number of hydrogen-bond donors (Lipinski definition) is 5. The SMILES string of the molecule is Cc1nc(-c2ccc(OC3CCCCC3)cc2)nc(C)c1C(=O)C[C@@H](CCNS(N)(=O)=O)C(=O)N(C)[C@@H]1C(=O)C[C@@H](C)C(=O)N[C@H](C(=O)CCC#N)Cc2ccc(O)c(c2)-c2cc1ccc2OCCN. The molecule has 7 N–H and O–H groups in total. The largest absolute Gasteiger partial charge is 0.507 e. The Hall–Kier alpha value is -6.59. The van der Waals surface area contributed by atoms with Crippen molar-refractivity contribution < 1.29 is 47.0 Å². The predicted octanol–water partition coefficient (Wildman–Crippen LogP) is 5.26. The van der Waals surface area contributed by atoms with Crippen LogP contribution in [-0.2, 0) is 35.8 Å². The molecule has 3 aromatic carbocycles. The zero-order chi connectivity index (χ0) is 50.7. The molecule has 2 heterocycles. The summed E-state index contributed by atoms with van der Waals surface area (Å²) in [5.41, 5.74) is 8.81. The molecule has 1 aliphatic carbocycles. The maximum atomic E-state index is 15.0. The molecule has 2 aliphatic rings. The predicted molar refractivity (Wildman–Crippen MR) is 260 cm³/mol. The molecule has 4 atom stereocenters. The van der Waals surface area contributed by atoms with Gasteiger partial charge in [-0.05, 0) is 112 Å². The molecule has 6 rings (SSSR count). The number of aryl methyl sites for hydroxylation is 2. The molecule has 2 amide bonds. The van der Waals surface area contributed by atoms with Crippen LogP contribution in [0.1, 0.15) is 110 Å². The normalized spacial score (nSPS) is 18.2. The number of fused-ring (bicyclic) bond motifs is 5. The molecule has 0 spiro atoms. The third-order valence-electron chi connectivity index (χ3n) is 12.8. The summed E-state index contributed by atoms with van der Waals surface area (Å²) < 4.78 is 38.4. The van der Waals surface area contributed by atoms with E-state index in [0.29, 0.717) is 33.9 Å². The van der Waals surface area contributed by atoms with E-state index < -0.39 is 76.1 Å². The van der Waals surface area contributed by atoms with Crippen LogP contribution in [0.5, 0.6) is 17.2 Å². The van der Waals surface area contributed by atoms with E-state index in [9.17, 15) is 42.8 Å². The van der Waals surface area contributed by atoms with Gasteiger partial charge in [0.2, 0.25) is 11.8 Å². The van der Waals surface area contributed by atoms with Crippen molar-refractivity contribution in [1.29, 1.82) is 5.26 Å². The van der Waals surface area contributed by atoms with Gasteiger partial charge in [-0.25, -0.2) is 19.8 Å². The molecule has 1 saturated carbocycles. The maximum Gasteiger partial charge on any atom is 0.274 e. The first-order valence-corrected chi connectivity index (χ1v) is 25.1. The highest BCUT2D eigenvalue weighted by Gasteiger charge is 2.37. The summed E-state index contributed by atoms with van der Waals surface area (Å²) in [5.74, 6) is -3.80. The number of nitrogens with one attached hydrogen (secondary N) is 2. The molecule has 0 unspecified atom stereocenters. The monoisotopic (exact) mass is 978 g/mol. The number of nitrogens with two attached hydrogens (primary N) is 2. The minimum absolute atomic E-state index is 0.0160. The van der Waals surface area contributed by atoms with Gasteiger partial charge in [0.1, 0.15) is 29.9 Å². The Balaban J connectivity index is 1.35. The topological polar surface area (TPSA) is 287 Å². The fourth-order valence-electron chi connectivity index (χ4n) is 9.17. The lowest BCUT2D eigenvalue weighted by Crippen LogP contribution is -2.46. The van der Waals surface area contributed by atoms with Gasteiger partial charge in [0.25, 0.3) is 10.2 Å². The number of aromatic nitrogens is 2. The number of ketones is 3. The minimum atomic E-state index is -4.21. The summed E-state index contributed by atoms with van der Waals surface area (Å²) >= 11 is 0. The number of rotatable bonds is 18. The second kappa shape index (κ2) is 23.8. The molecule has 70 heavy (non-hydrogen) atoms. The van der Waals surface area contributed by atoms with E-state index in [-0.39, 0.29) is 79.7 Å². The summed E-state index contributed by atoms with van der Waals surface area (Å²) in [6, 6.07) is 16.3. The van der Waals surface area contributed by atoms with Gasteiger partial charge in [-0.2, -0.15) is 13.7 Å². The van der Waals surface area contributed by atoms with E-state index in [1.54, 1.807) is 44.2 Å². The molecular weight excluding hydrogens is 917 g/mol. The van der Waals surface area contributed by atoms with Crippen molar-refractivity contribution >= 4 is 39.4 Å². The van der Waals surface area contributed by atoms with E-state index in [0.717, 1.165) is 31.4 Å². The number of phenols is 1. The number of nitrogens with zero attached hydrogens (tertiary/aromatic N) is 4. The van der Waals surface area contributed by atoms with Gasteiger partial charge in [0.15, 0.2) is 23.2 Å². The highest BCUT2D eigenvalue weighted by Crippen LogP contribution is 2.40. The lowest BCUT2D eigenvalue weighted by atomic mass is 9.88. The van der Waals surface area contributed by atoms with Crippen molar-refractivity contribution in [3.63, 3.8) is 0 Å². The Morgan fingerprint density at radius 2 is 1.69 bits per heavy atom. The average Bonchev–Trinajstić information content (AvgIpc) is 3.32. The number of ether oxygens (including phenoxy) is 2. The van der Waals surface area contributed by atoms with Gasteiger partial charge >= 0.3 is 0 Å². The van der Waals surface area contributed by atoms with Crippen molar-refractivity contribution in [2.24, 2.45) is 22.7 Å². The van der Waals surface area contributed by atoms with Gasteiger partial charge in [0.05, 0.1) is 35.2 Å². The van der Waals surface area contributed by atoms with Crippen LogP contribution in [0.15, 0.2) is 60.7 Å². The second-order valence-electron chi connectivity index (χ2n) is 18.1. The lowest BCUT2D eigenvalue weighted by molar-refractivity contribution is -0.142. The van der Waals surface area contributed by atoms with Gasteiger partial charge < -0.3 is 30.5 Å². The van der Waals surface area contributed by atoms with Gasteiger partial charge in [-0.3, -0.25) is 24.0 Å². The van der Waals surface area contributed by atoms with E-state index in [1.165, 1.54) is 31.4 Å². The molecule has 19 heteroatoms. The van der Waals surface area contributed by atoms with Crippen LogP contribution in [0.3, 0.4) is 0 Å². The quantitative estimate of drug-likeness (QED) is 0.0795.